The lowest BCUT2D eigenvalue weighted by Gasteiger charge is -2.13. The van der Waals surface area contributed by atoms with Crippen LogP contribution in [0.1, 0.15) is 16.7 Å². The van der Waals surface area contributed by atoms with Gasteiger partial charge in [-0.2, -0.15) is 0 Å². The first-order valence-electron chi connectivity index (χ1n) is 6.32. The molecule has 0 aliphatic rings. The highest BCUT2D eigenvalue weighted by atomic mass is 35.5. The van der Waals surface area contributed by atoms with E-state index in [-0.39, 0.29) is 5.82 Å². The third-order valence-electron chi connectivity index (χ3n) is 3.22. The van der Waals surface area contributed by atoms with E-state index in [0.717, 1.165) is 16.7 Å². The van der Waals surface area contributed by atoms with Crippen molar-refractivity contribution >= 4 is 23.2 Å². The molecule has 0 bridgehead atoms. The minimum absolute atomic E-state index is 0.259. The summed E-state index contributed by atoms with van der Waals surface area (Å²) in [5.41, 5.74) is 2.71. The van der Waals surface area contributed by atoms with E-state index in [1.807, 2.05) is 13.0 Å². The lowest BCUT2D eigenvalue weighted by atomic mass is 9.98. The number of benzene rings is 2. The molecule has 0 aliphatic heterocycles. The Hall–Kier alpha value is -1.09. The topological polar surface area (TPSA) is 20.2 Å². The van der Waals surface area contributed by atoms with Crippen LogP contribution in [0.4, 0.5) is 4.39 Å². The van der Waals surface area contributed by atoms with Crippen molar-refractivity contribution in [1.82, 2.24) is 0 Å². The predicted octanol–water partition coefficient (Wildman–Crippen LogP) is 4.59. The molecular formula is C16H15Cl2FO. The van der Waals surface area contributed by atoms with Crippen molar-refractivity contribution in [3.05, 3.63) is 69.0 Å². The molecule has 0 fully saturated rings. The number of hydrogen-bond donors (Lipinski definition) is 1. The van der Waals surface area contributed by atoms with Crippen LogP contribution < -0.4 is 0 Å². The standard InChI is InChI=1S/C16H15Cl2FO/c1-10-6-13(19)4-3-12(10)9-14(20)7-11-2-5-15(17)16(18)8-11/h2-6,8,14,20H,7,9H2,1H3. The summed E-state index contributed by atoms with van der Waals surface area (Å²) in [4.78, 5) is 0. The average molecular weight is 313 g/mol. The van der Waals surface area contributed by atoms with Gasteiger partial charge in [0.15, 0.2) is 0 Å². The third kappa shape index (κ3) is 3.95. The molecule has 0 aliphatic carbocycles. The zero-order valence-corrected chi connectivity index (χ0v) is 12.5. The van der Waals surface area contributed by atoms with E-state index in [0.29, 0.717) is 22.9 Å². The Morgan fingerprint density at radius 2 is 1.80 bits per heavy atom. The van der Waals surface area contributed by atoms with E-state index in [2.05, 4.69) is 0 Å². The average Bonchev–Trinajstić information content (AvgIpc) is 2.37. The van der Waals surface area contributed by atoms with Crippen molar-refractivity contribution in [2.24, 2.45) is 0 Å². The van der Waals surface area contributed by atoms with Crippen LogP contribution in [0.15, 0.2) is 36.4 Å². The molecule has 0 saturated heterocycles. The highest BCUT2D eigenvalue weighted by Crippen LogP contribution is 2.23. The second-order valence-corrected chi connectivity index (χ2v) is 5.70. The quantitative estimate of drug-likeness (QED) is 0.875. The lowest BCUT2D eigenvalue weighted by molar-refractivity contribution is 0.175. The fraction of sp³-hybridized carbons (Fsp3) is 0.250. The second-order valence-electron chi connectivity index (χ2n) is 4.88. The maximum atomic E-state index is 13.0. The summed E-state index contributed by atoms with van der Waals surface area (Å²) in [7, 11) is 0. The van der Waals surface area contributed by atoms with Gasteiger partial charge in [0.2, 0.25) is 0 Å². The maximum absolute atomic E-state index is 13.0. The van der Waals surface area contributed by atoms with Gasteiger partial charge in [-0.25, -0.2) is 4.39 Å². The molecule has 4 heteroatoms. The van der Waals surface area contributed by atoms with Gasteiger partial charge in [0.25, 0.3) is 0 Å². The van der Waals surface area contributed by atoms with Gasteiger partial charge < -0.3 is 5.11 Å². The monoisotopic (exact) mass is 312 g/mol. The zero-order valence-electron chi connectivity index (χ0n) is 11.0. The molecule has 1 N–H and O–H groups in total. The zero-order chi connectivity index (χ0) is 14.7. The molecule has 0 saturated carbocycles. The number of halogens is 3. The summed E-state index contributed by atoms with van der Waals surface area (Å²) in [6, 6.07) is 9.91. The summed E-state index contributed by atoms with van der Waals surface area (Å²) < 4.78 is 13.0. The van der Waals surface area contributed by atoms with Crippen molar-refractivity contribution in [3.8, 4) is 0 Å². The molecule has 20 heavy (non-hydrogen) atoms. The first kappa shape index (κ1) is 15.3. The maximum Gasteiger partial charge on any atom is 0.123 e. The Labute approximate surface area is 128 Å². The summed E-state index contributed by atoms with van der Waals surface area (Å²) in [6.45, 7) is 1.84. The number of aliphatic hydroxyl groups is 1. The van der Waals surface area contributed by atoms with E-state index >= 15 is 0 Å². The molecule has 0 aromatic heterocycles. The molecule has 0 heterocycles. The minimum Gasteiger partial charge on any atom is -0.392 e. The molecule has 1 nitrogen and oxygen atoms in total. The first-order valence-corrected chi connectivity index (χ1v) is 7.08. The van der Waals surface area contributed by atoms with Crippen LogP contribution in [0.25, 0.3) is 0 Å². The van der Waals surface area contributed by atoms with E-state index in [1.54, 1.807) is 18.2 Å². The van der Waals surface area contributed by atoms with E-state index < -0.39 is 6.10 Å². The van der Waals surface area contributed by atoms with Crippen LogP contribution in [0.2, 0.25) is 10.0 Å². The Bertz CT molecular complexity index is 613. The molecular weight excluding hydrogens is 298 g/mol. The van der Waals surface area contributed by atoms with Gasteiger partial charge in [-0.15, -0.1) is 0 Å². The van der Waals surface area contributed by atoms with Crippen LogP contribution in [0.3, 0.4) is 0 Å². The van der Waals surface area contributed by atoms with Crippen molar-refractivity contribution in [2.75, 3.05) is 0 Å². The molecule has 106 valence electrons. The molecule has 0 radical (unpaired) electrons. The number of hydrogen-bond acceptors (Lipinski definition) is 1. The van der Waals surface area contributed by atoms with Crippen molar-refractivity contribution in [2.45, 2.75) is 25.9 Å². The van der Waals surface area contributed by atoms with Crippen LogP contribution in [0, 0.1) is 12.7 Å². The SMILES string of the molecule is Cc1cc(F)ccc1CC(O)Cc1ccc(Cl)c(Cl)c1. The van der Waals surface area contributed by atoms with Gasteiger partial charge in [-0.3, -0.25) is 0 Å². The van der Waals surface area contributed by atoms with E-state index in [4.69, 9.17) is 23.2 Å². The summed E-state index contributed by atoms with van der Waals surface area (Å²) >= 11 is 11.8. The van der Waals surface area contributed by atoms with Gasteiger partial charge >= 0.3 is 0 Å². The summed E-state index contributed by atoms with van der Waals surface area (Å²) in [5.74, 6) is -0.259. The van der Waals surface area contributed by atoms with Crippen molar-refractivity contribution < 1.29 is 9.50 Å². The molecule has 1 atom stereocenters. The predicted molar refractivity (Wildman–Crippen MR) is 81.0 cm³/mol. The molecule has 0 amide bonds. The minimum atomic E-state index is -0.545. The number of rotatable bonds is 4. The van der Waals surface area contributed by atoms with Crippen molar-refractivity contribution in [3.63, 3.8) is 0 Å². The molecule has 1 unspecified atom stereocenters. The molecule has 2 rings (SSSR count). The van der Waals surface area contributed by atoms with Crippen LogP contribution >= 0.6 is 23.2 Å². The Morgan fingerprint density at radius 3 is 2.45 bits per heavy atom. The summed E-state index contributed by atoms with van der Waals surface area (Å²) in [6.07, 6.45) is 0.413. The van der Waals surface area contributed by atoms with E-state index in [9.17, 15) is 9.50 Å². The molecule has 2 aromatic carbocycles. The summed E-state index contributed by atoms with van der Waals surface area (Å²) in [5, 5.41) is 11.1. The smallest absolute Gasteiger partial charge is 0.123 e. The largest absolute Gasteiger partial charge is 0.392 e. The van der Waals surface area contributed by atoms with Gasteiger partial charge in [0.1, 0.15) is 5.82 Å². The highest BCUT2D eigenvalue weighted by Gasteiger charge is 2.10. The lowest BCUT2D eigenvalue weighted by Crippen LogP contribution is -2.14. The second kappa shape index (κ2) is 6.57. The van der Waals surface area contributed by atoms with Gasteiger partial charge in [0.05, 0.1) is 16.1 Å². The van der Waals surface area contributed by atoms with E-state index in [1.165, 1.54) is 12.1 Å². The van der Waals surface area contributed by atoms with Crippen LogP contribution in [0.5, 0.6) is 0 Å². The first-order chi connectivity index (χ1) is 9.45. The van der Waals surface area contributed by atoms with Crippen LogP contribution in [-0.2, 0) is 12.8 Å². The van der Waals surface area contributed by atoms with Crippen molar-refractivity contribution in [1.29, 1.82) is 0 Å². The fourth-order valence-corrected chi connectivity index (χ4v) is 2.47. The normalized spacial score (nSPS) is 12.4. The number of aliphatic hydroxyl groups excluding tert-OH is 1. The van der Waals surface area contributed by atoms with Gasteiger partial charge in [-0.05, 0) is 60.7 Å². The Morgan fingerprint density at radius 1 is 1.05 bits per heavy atom. The van der Waals surface area contributed by atoms with Gasteiger partial charge in [-0.1, -0.05) is 35.3 Å². The third-order valence-corrected chi connectivity index (χ3v) is 3.95. The van der Waals surface area contributed by atoms with Crippen LogP contribution in [-0.4, -0.2) is 11.2 Å². The fourth-order valence-electron chi connectivity index (χ4n) is 2.15. The molecule has 0 spiro atoms. The number of aryl methyl sites for hydroxylation is 1. The van der Waals surface area contributed by atoms with Gasteiger partial charge in [0, 0.05) is 0 Å². The Kier molecular flexibility index (Phi) is 5.03. The highest BCUT2D eigenvalue weighted by molar-refractivity contribution is 6.42. The molecule has 2 aromatic rings. The Balaban J connectivity index is 2.04.